The number of rotatable bonds is 14. The summed E-state index contributed by atoms with van der Waals surface area (Å²) in [5.74, 6) is 0.164. The Labute approximate surface area is 181 Å². The van der Waals surface area contributed by atoms with Crippen molar-refractivity contribution in [2.75, 3.05) is 7.11 Å². The van der Waals surface area contributed by atoms with Crippen LogP contribution >= 0.6 is 0 Å². The van der Waals surface area contributed by atoms with Crippen LogP contribution in [0.4, 0.5) is 0 Å². The van der Waals surface area contributed by atoms with Crippen LogP contribution in [0, 0.1) is 5.92 Å². The minimum absolute atomic E-state index is 0.0386. The monoisotopic (exact) mass is 501 g/mol. The van der Waals surface area contributed by atoms with E-state index in [0.717, 1.165) is 19.3 Å². The van der Waals surface area contributed by atoms with E-state index in [2.05, 4.69) is 27.7 Å². The molecule has 2 nitrogen and oxygen atoms in total. The zero-order chi connectivity index (χ0) is 21.7. The Balaban J connectivity index is 3.39. The van der Waals surface area contributed by atoms with E-state index in [9.17, 15) is 6.17 Å². The summed E-state index contributed by atoms with van der Waals surface area (Å²) < 4.78 is 19.0. The zero-order valence-electron chi connectivity index (χ0n) is 20.6. The second kappa shape index (κ2) is 14.9. The Morgan fingerprint density at radius 1 is 1.04 bits per heavy atom. The molecular weight excluding hydrogens is 451 g/mol. The molecule has 3 heteroatoms. The summed E-state index contributed by atoms with van der Waals surface area (Å²) >= 11 is -2.72. The van der Waals surface area contributed by atoms with E-state index in [1.807, 2.05) is 0 Å². The van der Waals surface area contributed by atoms with E-state index in [1.54, 1.807) is 0 Å². The van der Waals surface area contributed by atoms with E-state index < -0.39 is 18.4 Å². The molecule has 0 spiro atoms. The average Bonchev–Trinajstić information content (AvgIpc) is 2.94. The van der Waals surface area contributed by atoms with Gasteiger partial charge in [-0.3, -0.25) is 0 Å². The maximum absolute atomic E-state index is 12.2. The molecular formula is C25H48O2Sn. The first kappa shape index (κ1) is 24.3. The molecule has 2 unspecified atom stereocenters. The summed E-state index contributed by atoms with van der Waals surface area (Å²) in [7, 11) is 1.51. The Morgan fingerprint density at radius 2 is 1.61 bits per heavy atom. The molecule has 0 saturated carbocycles. The summed E-state index contributed by atoms with van der Waals surface area (Å²) in [5, 5.41) is 0. The van der Waals surface area contributed by atoms with Gasteiger partial charge in [0.1, 0.15) is 0 Å². The summed E-state index contributed by atoms with van der Waals surface area (Å²) in [6.45, 7) is 9.18. The SMILES string of the molecule is [2H][CH](C1=C(CC)CCCCC1CC(=O)OC)[Sn]([CH2]CCC)([CH2]CCC)[CH2]CCC. The Bertz CT molecular complexity index is 481. The fraction of sp³-hybridized carbons (Fsp3) is 0.880. The van der Waals surface area contributed by atoms with E-state index in [4.69, 9.17) is 4.74 Å². The third-order valence-electron chi connectivity index (χ3n) is 6.74. The molecule has 0 radical (unpaired) electrons. The Kier molecular flexibility index (Phi) is 12.9. The normalized spacial score (nSPS) is 19.9. The Hall–Kier alpha value is 0.00870. The van der Waals surface area contributed by atoms with E-state index in [-0.39, 0.29) is 16.3 Å². The van der Waals surface area contributed by atoms with Crippen LogP contribution in [0.25, 0.3) is 0 Å². The van der Waals surface area contributed by atoms with Crippen LogP contribution in [0.3, 0.4) is 0 Å². The molecule has 0 heterocycles. The molecule has 1 rings (SSSR count). The molecule has 0 aromatic rings. The molecule has 0 saturated heterocycles. The van der Waals surface area contributed by atoms with Gasteiger partial charge in [-0.25, -0.2) is 0 Å². The van der Waals surface area contributed by atoms with Crippen molar-refractivity contribution in [3.05, 3.63) is 11.1 Å². The topological polar surface area (TPSA) is 26.3 Å². The van der Waals surface area contributed by atoms with Gasteiger partial charge >= 0.3 is 182 Å². The third kappa shape index (κ3) is 8.79. The molecule has 0 aliphatic heterocycles. The van der Waals surface area contributed by atoms with Gasteiger partial charge in [0.25, 0.3) is 0 Å². The molecule has 1 aliphatic carbocycles. The maximum atomic E-state index is 12.2. The van der Waals surface area contributed by atoms with Crippen molar-refractivity contribution in [1.29, 1.82) is 0 Å². The molecule has 164 valence electrons. The van der Waals surface area contributed by atoms with Crippen LogP contribution in [0.2, 0.25) is 17.7 Å². The van der Waals surface area contributed by atoms with Gasteiger partial charge in [0, 0.05) is 0 Å². The number of allylic oxidation sites excluding steroid dienone is 2. The van der Waals surface area contributed by atoms with Crippen LogP contribution in [0.1, 0.15) is 106 Å². The molecule has 0 N–H and O–H groups in total. The van der Waals surface area contributed by atoms with Gasteiger partial charge < -0.3 is 0 Å². The third-order valence-corrected chi connectivity index (χ3v) is 20.9. The first-order valence-corrected chi connectivity index (χ1v) is 19.9. The van der Waals surface area contributed by atoms with Crippen molar-refractivity contribution < 1.29 is 10.9 Å². The van der Waals surface area contributed by atoms with Gasteiger partial charge in [0.15, 0.2) is 0 Å². The van der Waals surface area contributed by atoms with Gasteiger partial charge in [0.05, 0.1) is 0 Å². The predicted octanol–water partition coefficient (Wildman–Crippen LogP) is 8.30. The number of unbranched alkanes of at least 4 members (excludes halogenated alkanes) is 3. The first-order valence-electron chi connectivity index (χ1n) is 12.8. The average molecular weight is 500 g/mol. The van der Waals surface area contributed by atoms with Crippen molar-refractivity contribution >= 4 is 24.3 Å². The second-order valence-corrected chi connectivity index (χ2v) is 21.8. The van der Waals surface area contributed by atoms with Crippen molar-refractivity contribution in [2.24, 2.45) is 5.92 Å². The molecule has 2 atom stereocenters. The number of carbonyl (C=O) groups excluding carboxylic acids is 1. The first-order chi connectivity index (χ1) is 14.0. The van der Waals surface area contributed by atoms with Crippen LogP contribution in [0.5, 0.6) is 0 Å². The van der Waals surface area contributed by atoms with Crippen LogP contribution < -0.4 is 0 Å². The number of methoxy groups -OCH3 is 1. The predicted molar refractivity (Wildman–Crippen MR) is 126 cm³/mol. The number of carbonyl (C=O) groups is 1. The van der Waals surface area contributed by atoms with E-state index in [1.165, 1.54) is 82.9 Å². The number of esters is 1. The molecule has 28 heavy (non-hydrogen) atoms. The standard InChI is InChI=1S/C13H21O2.3C4H9.Sn/c1-4-11-7-5-6-8-12(10(11)2)9-13(14)15-3;3*1-3-4-2;/h12H,2,4-9H2,1,3H3;3*1,3-4H2,2H3;/i2D;;;;. The van der Waals surface area contributed by atoms with Crippen LogP contribution in [-0.4, -0.2) is 31.5 Å². The molecule has 0 aromatic carbocycles. The van der Waals surface area contributed by atoms with Gasteiger partial charge in [-0.05, 0) is 0 Å². The summed E-state index contributed by atoms with van der Waals surface area (Å²) in [6, 6.07) is 0. The minimum atomic E-state index is -2.72. The molecule has 1 aliphatic rings. The number of hydrogen-bond acceptors (Lipinski definition) is 2. The van der Waals surface area contributed by atoms with Gasteiger partial charge in [-0.15, -0.1) is 0 Å². The fourth-order valence-corrected chi connectivity index (χ4v) is 20.5. The number of ether oxygens (including phenoxy) is 1. The Morgan fingerprint density at radius 3 is 2.07 bits per heavy atom. The summed E-state index contributed by atoms with van der Waals surface area (Å²) in [5.41, 5.74) is 2.96. The van der Waals surface area contributed by atoms with Gasteiger partial charge in [-0.2, -0.15) is 0 Å². The fourth-order valence-electron chi connectivity index (χ4n) is 4.92. The van der Waals surface area contributed by atoms with Crippen molar-refractivity contribution in [3.8, 4) is 0 Å². The van der Waals surface area contributed by atoms with E-state index >= 15 is 0 Å². The van der Waals surface area contributed by atoms with Crippen molar-refractivity contribution in [1.82, 2.24) is 0 Å². The molecule has 0 amide bonds. The van der Waals surface area contributed by atoms with Crippen molar-refractivity contribution in [3.63, 3.8) is 0 Å². The summed E-state index contributed by atoms with van der Waals surface area (Å²) in [6.07, 6.45) is 13.8. The zero-order valence-corrected chi connectivity index (χ0v) is 22.4. The van der Waals surface area contributed by atoms with Crippen molar-refractivity contribution in [2.45, 2.75) is 122 Å². The van der Waals surface area contributed by atoms with Crippen LogP contribution in [0.15, 0.2) is 11.1 Å². The van der Waals surface area contributed by atoms with Crippen LogP contribution in [-0.2, 0) is 9.53 Å². The quantitative estimate of drug-likeness (QED) is 0.136. The molecule has 0 fully saturated rings. The van der Waals surface area contributed by atoms with Gasteiger partial charge in [0.2, 0.25) is 0 Å². The number of hydrogen-bond donors (Lipinski definition) is 0. The second-order valence-electron chi connectivity index (χ2n) is 8.95. The summed E-state index contributed by atoms with van der Waals surface area (Å²) in [4.78, 5) is 12.2. The van der Waals surface area contributed by atoms with Gasteiger partial charge in [-0.1, -0.05) is 0 Å². The van der Waals surface area contributed by atoms with E-state index in [0.29, 0.717) is 6.42 Å². The molecule has 0 bridgehead atoms. The molecule has 0 aromatic heterocycles.